The Labute approximate surface area is 350 Å². The molecule has 0 atom stereocenters. The molecule has 0 saturated carbocycles. The molecule has 0 N–H and O–H groups in total. The van der Waals surface area contributed by atoms with Crippen molar-refractivity contribution >= 4 is 8.60 Å². The van der Waals surface area contributed by atoms with Crippen molar-refractivity contribution in [2.75, 3.05) is 19.8 Å². The molecule has 0 aliphatic rings. The minimum absolute atomic E-state index is 0.790. The van der Waals surface area contributed by atoms with Gasteiger partial charge in [0, 0.05) is 0 Å². The third-order valence-corrected chi connectivity index (χ3v) is 12.8. The van der Waals surface area contributed by atoms with Crippen LogP contribution >= 0.6 is 8.60 Å². The molecule has 0 radical (unpaired) electrons. The van der Waals surface area contributed by atoms with Crippen LogP contribution in [0.25, 0.3) is 0 Å². The summed E-state index contributed by atoms with van der Waals surface area (Å²) in [5.41, 5.74) is 0. The summed E-state index contributed by atoms with van der Waals surface area (Å²) in [6, 6.07) is 0. The topological polar surface area (TPSA) is 27.7 Å². The average molecular weight is 797 g/mol. The second-order valence-electron chi connectivity index (χ2n) is 19.0. The first-order valence-corrected chi connectivity index (χ1v) is 26.7. The molecule has 0 unspecified atom stereocenters. The van der Waals surface area contributed by atoms with Crippen LogP contribution < -0.4 is 0 Å². The molecule has 0 aliphatic carbocycles. The van der Waals surface area contributed by atoms with Gasteiger partial charge < -0.3 is 13.6 Å². The van der Waals surface area contributed by atoms with Gasteiger partial charge in [-0.3, -0.25) is 0 Å². The summed E-state index contributed by atoms with van der Waals surface area (Å²) in [5, 5.41) is 0. The summed E-state index contributed by atoms with van der Waals surface area (Å²) in [4.78, 5) is 0. The Morgan fingerprint density at radius 1 is 0.218 bits per heavy atom. The van der Waals surface area contributed by atoms with E-state index in [9.17, 15) is 0 Å². The predicted octanol–water partition coefficient (Wildman–Crippen LogP) is 19.4. The van der Waals surface area contributed by atoms with Crippen LogP contribution in [0.15, 0.2) is 0 Å². The summed E-state index contributed by atoms with van der Waals surface area (Å²) >= 11 is 0. The molecule has 0 bridgehead atoms. The average Bonchev–Trinajstić information content (AvgIpc) is 3.15. The first kappa shape index (κ1) is 55.3. The molecular formula is C51H105O3P. The van der Waals surface area contributed by atoms with Gasteiger partial charge in [0.2, 0.25) is 0 Å². The van der Waals surface area contributed by atoms with E-state index in [1.165, 1.54) is 231 Å². The summed E-state index contributed by atoms with van der Waals surface area (Å²) in [6.07, 6.45) is 54.0. The highest BCUT2D eigenvalue weighted by molar-refractivity contribution is 7.41. The Kier molecular flexibility index (Phi) is 47.3. The normalized spacial score (nSPS) is 12.1. The Balaban J connectivity index is 3.97. The van der Waals surface area contributed by atoms with E-state index in [0.717, 1.165) is 56.8 Å². The fraction of sp³-hybridized carbons (Fsp3) is 1.00. The minimum Gasteiger partial charge on any atom is -0.312 e. The molecule has 0 aromatic heterocycles. The van der Waals surface area contributed by atoms with Crippen molar-refractivity contribution in [2.45, 2.75) is 292 Å². The highest BCUT2D eigenvalue weighted by Gasteiger charge is 2.12. The highest BCUT2D eigenvalue weighted by Crippen LogP contribution is 2.40. The zero-order valence-electron chi connectivity index (χ0n) is 39.1. The molecule has 0 spiro atoms. The maximum Gasteiger partial charge on any atom is 0.332 e. The molecule has 0 saturated heterocycles. The van der Waals surface area contributed by atoms with Gasteiger partial charge in [-0.2, -0.15) is 0 Å². The molecule has 0 amide bonds. The van der Waals surface area contributed by atoms with Gasteiger partial charge in [0.25, 0.3) is 0 Å². The van der Waals surface area contributed by atoms with Crippen LogP contribution in [-0.2, 0) is 13.6 Å². The van der Waals surface area contributed by atoms with Crippen molar-refractivity contribution in [3.05, 3.63) is 0 Å². The Morgan fingerprint density at radius 2 is 0.364 bits per heavy atom. The Morgan fingerprint density at radius 3 is 0.527 bits per heavy atom. The first-order chi connectivity index (χ1) is 26.9. The molecule has 0 fully saturated rings. The van der Waals surface area contributed by atoms with Crippen LogP contribution in [0.4, 0.5) is 0 Å². The molecule has 4 heteroatoms. The third kappa shape index (κ3) is 50.4. The molecule has 0 rings (SSSR count). The smallest absolute Gasteiger partial charge is 0.312 e. The van der Waals surface area contributed by atoms with Crippen molar-refractivity contribution in [3.63, 3.8) is 0 Å². The van der Waals surface area contributed by atoms with Gasteiger partial charge in [0.1, 0.15) is 0 Å². The van der Waals surface area contributed by atoms with E-state index in [-0.39, 0.29) is 0 Å². The van der Waals surface area contributed by atoms with Gasteiger partial charge in [-0.05, 0) is 37.0 Å². The second-order valence-corrected chi connectivity index (χ2v) is 20.2. The second kappa shape index (κ2) is 47.0. The highest BCUT2D eigenvalue weighted by atomic mass is 31.2. The molecule has 0 aromatic carbocycles. The molecule has 0 aromatic rings. The van der Waals surface area contributed by atoms with E-state index < -0.39 is 8.60 Å². The fourth-order valence-electron chi connectivity index (χ4n) is 7.80. The zero-order chi connectivity index (χ0) is 40.1. The molecule has 0 aliphatic heterocycles. The van der Waals surface area contributed by atoms with Gasteiger partial charge in [-0.1, -0.05) is 273 Å². The summed E-state index contributed by atoms with van der Waals surface area (Å²) in [5.74, 6) is 2.62. The number of rotatable bonds is 48. The van der Waals surface area contributed by atoms with Crippen molar-refractivity contribution in [1.82, 2.24) is 0 Å². The van der Waals surface area contributed by atoms with Gasteiger partial charge in [0.05, 0.1) is 19.8 Å². The van der Waals surface area contributed by atoms with Crippen LogP contribution in [0.2, 0.25) is 0 Å². The van der Waals surface area contributed by atoms with Crippen molar-refractivity contribution in [1.29, 1.82) is 0 Å². The van der Waals surface area contributed by atoms with E-state index in [1.54, 1.807) is 0 Å². The summed E-state index contributed by atoms with van der Waals surface area (Å²) in [7, 11) is -1.19. The van der Waals surface area contributed by atoms with E-state index in [0.29, 0.717) is 0 Å². The van der Waals surface area contributed by atoms with E-state index in [4.69, 9.17) is 13.6 Å². The van der Waals surface area contributed by atoms with Crippen molar-refractivity contribution in [3.8, 4) is 0 Å². The maximum atomic E-state index is 6.22. The first-order valence-electron chi connectivity index (χ1n) is 25.6. The molecular weight excluding hydrogens is 692 g/mol. The monoisotopic (exact) mass is 797 g/mol. The quantitative estimate of drug-likeness (QED) is 0.0453. The molecule has 55 heavy (non-hydrogen) atoms. The van der Waals surface area contributed by atoms with Crippen LogP contribution in [0.5, 0.6) is 0 Å². The molecule has 3 nitrogen and oxygen atoms in total. The lowest BCUT2D eigenvalue weighted by Gasteiger charge is -2.17. The van der Waals surface area contributed by atoms with Crippen molar-refractivity contribution < 1.29 is 13.6 Å². The van der Waals surface area contributed by atoms with Gasteiger partial charge in [-0.25, -0.2) is 0 Å². The predicted molar refractivity (Wildman–Crippen MR) is 249 cm³/mol. The Hall–Kier alpha value is 0.310. The standard InChI is InChI=1S/C51H105O3P/c1-49(2)43-37-31-25-19-13-7-10-16-22-28-34-40-46-52-55(53-47-41-35-29-23-17-11-8-14-20-26-32-38-44-50(3)4)54-48-42-36-30-24-18-12-9-15-21-27-33-39-45-51(5)6/h49-51H,7-48H2,1-6H3. The van der Waals surface area contributed by atoms with Crippen LogP contribution in [0, 0.1) is 17.8 Å². The number of unbranched alkanes of at least 4 members (excludes halogenated alkanes) is 33. The lowest BCUT2D eigenvalue weighted by Crippen LogP contribution is -2.00. The third-order valence-electron chi connectivity index (χ3n) is 11.6. The van der Waals surface area contributed by atoms with Crippen LogP contribution in [-0.4, -0.2) is 19.8 Å². The van der Waals surface area contributed by atoms with Gasteiger partial charge >= 0.3 is 8.60 Å². The summed E-state index contributed by atoms with van der Waals surface area (Å²) < 4.78 is 18.7. The van der Waals surface area contributed by atoms with E-state index in [2.05, 4.69) is 41.5 Å². The van der Waals surface area contributed by atoms with Crippen LogP contribution in [0.1, 0.15) is 292 Å². The fourth-order valence-corrected chi connectivity index (χ4v) is 8.85. The molecule has 332 valence electrons. The SMILES string of the molecule is CC(C)CCCCCCCCCCCCCCOP(OCCCCCCCCCCCCCCC(C)C)OCCCCCCCCCCCCCCC(C)C. The zero-order valence-corrected chi connectivity index (χ0v) is 40.0. The van der Waals surface area contributed by atoms with E-state index >= 15 is 0 Å². The molecule has 0 heterocycles. The number of hydrogen-bond acceptors (Lipinski definition) is 3. The van der Waals surface area contributed by atoms with Gasteiger partial charge in [-0.15, -0.1) is 0 Å². The lowest BCUT2D eigenvalue weighted by atomic mass is 10.0. The van der Waals surface area contributed by atoms with Crippen LogP contribution in [0.3, 0.4) is 0 Å². The largest absolute Gasteiger partial charge is 0.332 e. The minimum atomic E-state index is -1.19. The van der Waals surface area contributed by atoms with Crippen molar-refractivity contribution in [2.24, 2.45) is 17.8 Å². The van der Waals surface area contributed by atoms with E-state index in [1.807, 2.05) is 0 Å². The Bertz CT molecular complexity index is 593. The number of hydrogen-bond donors (Lipinski definition) is 0. The lowest BCUT2D eigenvalue weighted by molar-refractivity contribution is 0.153. The summed E-state index contributed by atoms with van der Waals surface area (Å²) in [6.45, 7) is 16.4. The van der Waals surface area contributed by atoms with Gasteiger partial charge in [0.15, 0.2) is 0 Å². The maximum absolute atomic E-state index is 6.22.